The van der Waals surface area contributed by atoms with Crippen LogP contribution in [0.1, 0.15) is 70.2 Å². The normalized spacial score (nSPS) is 17.1. The molecule has 4 rings (SSSR count). The van der Waals surface area contributed by atoms with E-state index in [1.54, 1.807) is 49.4 Å². The predicted octanol–water partition coefficient (Wildman–Crippen LogP) is 1.58. The Morgan fingerprint density at radius 2 is 1.53 bits per heavy atom. The van der Waals surface area contributed by atoms with E-state index in [2.05, 4.69) is 31.2 Å². The molecule has 1 saturated heterocycles. The lowest BCUT2D eigenvalue weighted by Crippen LogP contribution is -2.60. The number of nitrogens with zero attached hydrogens (tertiary/aromatic N) is 2. The van der Waals surface area contributed by atoms with E-state index in [9.17, 15) is 39.0 Å². The van der Waals surface area contributed by atoms with Gasteiger partial charge in [0.05, 0.1) is 6.33 Å². The second kappa shape index (κ2) is 20.9. The lowest BCUT2D eigenvalue weighted by molar-refractivity contribution is -0.145. The van der Waals surface area contributed by atoms with E-state index in [1.807, 2.05) is 20.8 Å². The highest BCUT2D eigenvalue weighted by molar-refractivity contribution is 5.96. The molecule has 0 bridgehead atoms. The number of hydrogen-bond donors (Lipinski definition) is 8. The minimum Gasteiger partial charge on any atom is -0.508 e. The summed E-state index contributed by atoms with van der Waals surface area (Å²) in [4.78, 5) is 89.7. The number of imidazole rings is 1. The van der Waals surface area contributed by atoms with Crippen molar-refractivity contribution in [2.24, 2.45) is 17.6 Å². The molecule has 9 N–H and O–H groups in total. The summed E-state index contributed by atoms with van der Waals surface area (Å²) in [6.45, 7) is 7.61. The molecule has 0 unspecified atom stereocenters. The number of carboxylic acid groups (broad SMARTS) is 1. The van der Waals surface area contributed by atoms with E-state index in [-0.39, 0.29) is 43.9 Å². The van der Waals surface area contributed by atoms with Crippen LogP contribution in [-0.4, -0.2) is 103 Å². The number of likely N-dealkylation sites (tertiary alicyclic amines) is 1. The van der Waals surface area contributed by atoms with Gasteiger partial charge >= 0.3 is 5.97 Å². The number of aromatic nitrogens is 2. The van der Waals surface area contributed by atoms with Crippen LogP contribution in [0.25, 0.3) is 0 Å². The first-order chi connectivity index (χ1) is 27.2. The van der Waals surface area contributed by atoms with Gasteiger partial charge in [0.25, 0.3) is 0 Å². The molecule has 2 heterocycles. The number of hydrogen-bond acceptors (Lipinski definition) is 9. The molecule has 3 aromatic rings. The number of phenols is 1. The van der Waals surface area contributed by atoms with Crippen molar-refractivity contribution < 1.29 is 39.0 Å². The topological polar surface area (TPSA) is 249 Å². The molecular formula is C41H56N8O8. The standard InChI is InChI=1S/C41H56N8O8/c1-5-25(4)36(48-37(52)31(18-27-13-15-29(50)16-14-27)45-35(51)21-30(42)24(2)3)39(54)46-32(20-28-22-43-23-44-28)40(55)49-17-9-12-34(49)38(53)47-33(41(56)57)19-26-10-7-6-8-11-26/h6-8,10-11,13-16,22-25,30-34,36,50H,5,9,12,17-21,42H2,1-4H3,(H,43,44)(H,45,51)(H,46,54)(H,47,53)(H,48,52)(H,56,57)/t25-,30-,31-,32-,33-,34-,36-/m0/s1. The van der Waals surface area contributed by atoms with Crippen LogP contribution in [-0.2, 0) is 48.0 Å². The average molecular weight is 789 g/mol. The van der Waals surface area contributed by atoms with Gasteiger partial charge in [0, 0.05) is 50.2 Å². The van der Waals surface area contributed by atoms with Gasteiger partial charge in [-0.2, -0.15) is 0 Å². The number of nitrogens with two attached hydrogens (primary N) is 1. The van der Waals surface area contributed by atoms with Crippen LogP contribution in [0.2, 0.25) is 0 Å². The zero-order valence-corrected chi connectivity index (χ0v) is 32.9. The zero-order chi connectivity index (χ0) is 41.6. The first-order valence-electron chi connectivity index (χ1n) is 19.4. The average Bonchev–Trinajstić information content (AvgIpc) is 3.90. The quantitative estimate of drug-likeness (QED) is 0.0821. The maximum atomic E-state index is 14.3. The summed E-state index contributed by atoms with van der Waals surface area (Å²) in [5.41, 5.74) is 8.04. The molecule has 16 nitrogen and oxygen atoms in total. The van der Waals surface area contributed by atoms with Crippen LogP contribution in [0.4, 0.5) is 0 Å². The lowest BCUT2D eigenvalue weighted by atomic mass is 9.96. The number of carboxylic acids is 1. The Kier molecular flexibility index (Phi) is 16.2. The highest BCUT2D eigenvalue weighted by Crippen LogP contribution is 2.21. The highest BCUT2D eigenvalue weighted by Gasteiger charge is 2.40. The zero-order valence-electron chi connectivity index (χ0n) is 32.9. The van der Waals surface area contributed by atoms with Gasteiger partial charge in [-0.25, -0.2) is 9.78 Å². The molecule has 1 aliphatic rings. The van der Waals surface area contributed by atoms with Gasteiger partial charge in [0.15, 0.2) is 0 Å². The summed E-state index contributed by atoms with van der Waals surface area (Å²) < 4.78 is 0. The van der Waals surface area contributed by atoms with Gasteiger partial charge in [-0.05, 0) is 47.9 Å². The van der Waals surface area contributed by atoms with Crippen molar-refractivity contribution in [2.45, 2.75) is 109 Å². The number of phenolic OH excluding ortho intramolecular Hbond substituents is 1. The fourth-order valence-corrected chi connectivity index (χ4v) is 6.63. The predicted molar refractivity (Wildman–Crippen MR) is 211 cm³/mol. The second-order valence-electron chi connectivity index (χ2n) is 15.1. The number of rotatable bonds is 20. The number of H-pyrrole nitrogens is 1. The van der Waals surface area contributed by atoms with Gasteiger partial charge in [-0.15, -0.1) is 0 Å². The van der Waals surface area contributed by atoms with Crippen molar-refractivity contribution in [1.29, 1.82) is 0 Å². The number of carbonyl (C=O) groups excluding carboxylic acids is 5. The van der Waals surface area contributed by atoms with Crippen molar-refractivity contribution >= 4 is 35.5 Å². The van der Waals surface area contributed by atoms with Gasteiger partial charge in [0.1, 0.15) is 36.0 Å². The SMILES string of the molecule is CC[C@H](C)[C@H](NC(=O)[C@H](Cc1ccc(O)cc1)NC(=O)C[C@H](N)C(C)C)C(=O)N[C@@H](Cc1cnc[nH]1)C(=O)N1CCC[C@H]1C(=O)N[C@@H](Cc1ccccc1)C(=O)O. The molecule has 1 aliphatic heterocycles. The van der Waals surface area contributed by atoms with E-state index in [1.165, 1.54) is 29.6 Å². The Hall–Kier alpha value is -5.77. The monoisotopic (exact) mass is 788 g/mol. The molecule has 57 heavy (non-hydrogen) atoms. The molecule has 16 heteroatoms. The largest absolute Gasteiger partial charge is 0.508 e. The van der Waals surface area contributed by atoms with Crippen molar-refractivity contribution in [3.05, 3.63) is 83.9 Å². The Labute approximate surface area is 332 Å². The molecule has 308 valence electrons. The molecule has 1 aromatic heterocycles. The minimum atomic E-state index is -1.23. The van der Waals surface area contributed by atoms with Gasteiger partial charge < -0.3 is 47.1 Å². The molecule has 0 aliphatic carbocycles. The lowest BCUT2D eigenvalue weighted by Gasteiger charge is -2.31. The number of benzene rings is 2. The molecule has 1 fully saturated rings. The number of amides is 5. The molecule has 0 radical (unpaired) electrons. The van der Waals surface area contributed by atoms with Crippen LogP contribution in [0, 0.1) is 11.8 Å². The summed E-state index contributed by atoms with van der Waals surface area (Å²) >= 11 is 0. The van der Waals surface area contributed by atoms with Gasteiger partial charge in [-0.1, -0.05) is 76.6 Å². The second-order valence-corrected chi connectivity index (χ2v) is 15.1. The summed E-state index contributed by atoms with van der Waals surface area (Å²) in [7, 11) is 0. The third-order valence-electron chi connectivity index (χ3n) is 10.4. The first-order valence-corrected chi connectivity index (χ1v) is 19.4. The molecule has 7 atom stereocenters. The van der Waals surface area contributed by atoms with E-state index < -0.39 is 77.7 Å². The van der Waals surface area contributed by atoms with Crippen molar-refractivity contribution in [3.8, 4) is 5.75 Å². The van der Waals surface area contributed by atoms with Crippen molar-refractivity contribution in [1.82, 2.24) is 36.1 Å². The number of aromatic amines is 1. The number of aliphatic carboxylic acids is 1. The van der Waals surface area contributed by atoms with Crippen LogP contribution < -0.4 is 27.0 Å². The number of carbonyl (C=O) groups is 6. The van der Waals surface area contributed by atoms with E-state index in [0.717, 1.165) is 5.56 Å². The van der Waals surface area contributed by atoms with E-state index in [0.29, 0.717) is 30.5 Å². The number of nitrogens with one attached hydrogen (secondary N) is 5. The Morgan fingerprint density at radius 1 is 0.860 bits per heavy atom. The molecule has 5 amide bonds. The van der Waals surface area contributed by atoms with Gasteiger partial charge in [0.2, 0.25) is 29.5 Å². The maximum absolute atomic E-state index is 14.3. The van der Waals surface area contributed by atoms with Crippen LogP contribution >= 0.6 is 0 Å². The van der Waals surface area contributed by atoms with Crippen LogP contribution in [0.5, 0.6) is 5.75 Å². The van der Waals surface area contributed by atoms with Gasteiger partial charge in [-0.3, -0.25) is 24.0 Å². The third kappa shape index (κ3) is 12.9. The fourth-order valence-electron chi connectivity index (χ4n) is 6.63. The summed E-state index contributed by atoms with van der Waals surface area (Å²) in [5.74, 6) is -4.48. The summed E-state index contributed by atoms with van der Waals surface area (Å²) in [5, 5.41) is 30.7. The summed E-state index contributed by atoms with van der Waals surface area (Å²) in [6.07, 6.45) is 4.25. The van der Waals surface area contributed by atoms with Crippen LogP contribution in [0.15, 0.2) is 67.1 Å². The third-order valence-corrected chi connectivity index (χ3v) is 10.4. The van der Waals surface area contributed by atoms with Crippen molar-refractivity contribution in [3.63, 3.8) is 0 Å². The summed E-state index contributed by atoms with van der Waals surface area (Å²) in [6, 6.07) is 8.99. The van der Waals surface area contributed by atoms with Crippen molar-refractivity contribution in [2.75, 3.05) is 6.54 Å². The first kappa shape index (κ1) is 44.0. The smallest absolute Gasteiger partial charge is 0.326 e. The molecule has 2 aromatic carbocycles. The minimum absolute atomic E-state index is 0.0159. The maximum Gasteiger partial charge on any atom is 0.326 e. The molecular weight excluding hydrogens is 732 g/mol. The van der Waals surface area contributed by atoms with E-state index in [4.69, 9.17) is 5.73 Å². The fraction of sp³-hybridized carbons (Fsp3) is 0.488. The molecule has 0 saturated carbocycles. The Balaban J connectivity index is 1.54. The number of aromatic hydroxyl groups is 1. The van der Waals surface area contributed by atoms with E-state index >= 15 is 0 Å². The Bertz CT molecular complexity index is 1800. The van der Waals surface area contributed by atoms with Crippen LogP contribution in [0.3, 0.4) is 0 Å². The Morgan fingerprint density at radius 3 is 2.14 bits per heavy atom. The molecule has 0 spiro atoms. The highest BCUT2D eigenvalue weighted by atomic mass is 16.4.